The molecule has 3 aromatic carbocycles. The molecule has 1 aliphatic rings. The Morgan fingerprint density at radius 3 is 2.30 bits per heavy atom. The van der Waals surface area contributed by atoms with Crippen molar-refractivity contribution in [3.63, 3.8) is 0 Å². The number of benzene rings is 3. The fraction of sp³-hybridized carbons (Fsp3) is 0.148. The van der Waals surface area contributed by atoms with Gasteiger partial charge in [0, 0.05) is 23.7 Å². The van der Waals surface area contributed by atoms with Crippen LogP contribution in [0.4, 0.5) is 11.6 Å². The molecule has 164 valence electrons. The highest BCUT2D eigenvalue weighted by Gasteiger charge is 2.24. The van der Waals surface area contributed by atoms with E-state index < -0.39 is 0 Å². The van der Waals surface area contributed by atoms with Gasteiger partial charge in [-0.1, -0.05) is 85.3 Å². The Bertz CT molecular complexity index is 1300. The molecule has 33 heavy (non-hydrogen) atoms. The number of fused-ring (bicyclic) bond motifs is 1. The molecule has 5 nitrogen and oxygen atoms in total. The second kappa shape index (κ2) is 9.43. The van der Waals surface area contributed by atoms with Gasteiger partial charge in [-0.2, -0.15) is 0 Å². The Kier molecular flexibility index (Phi) is 6.05. The second-order valence-electron chi connectivity index (χ2n) is 7.90. The van der Waals surface area contributed by atoms with E-state index in [1.54, 1.807) is 0 Å². The maximum atomic E-state index is 6.47. The van der Waals surface area contributed by atoms with Gasteiger partial charge in [0.1, 0.15) is 17.5 Å². The third-order valence-corrected chi connectivity index (χ3v) is 5.98. The van der Waals surface area contributed by atoms with E-state index in [0.29, 0.717) is 29.0 Å². The molecule has 1 unspecified atom stereocenters. The van der Waals surface area contributed by atoms with E-state index in [-0.39, 0.29) is 6.04 Å². The summed E-state index contributed by atoms with van der Waals surface area (Å²) in [7, 11) is 0. The predicted molar refractivity (Wildman–Crippen MR) is 136 cm³/mol. The van der Waals surface area contributed by atoms with Crippen LogP contribution < -0.4 is 10.6 Å². The molecule has 0 radical (unpaired) electrons. The van der Waals surface area contributed by atoms with Crippen molar-refractivity contribution in [3.05, 3.63) is 107 Å². The molecule has 0 saturated heterocycles. The third kappa shape index (κ3) is 4.59. The first-order chi connectivity index (χ1) is 16.2. The molecule has 5 rings (SSSR count). The highest BCUT2D eigenvalue weighted by atomic mass is 35.5. The Balaban J connectivity index is 1.50. The first kappa shape index (κ1) is 21.2. The summed E-state index contributed by atoms with van der Waals surface area (Å²) in [5.74, 6) is 2.77. The predicted octanol–water partition coefficient (Wildman–Crippen LogP) is 6.73. The molecule has 4 aromatic rings. The van der Waals surface area contributed by atoms with Crippen LogP contribution in [0.1, 0.15) is 36.1 Å². The van der Waals surface area contributed by atoms with E-state index in [1.807, 2.05) is 54.6 Å². The topological polar surface area (TPSA) is 62.2 Å². The molecule has 0 amide bonds. The average molecular weight is 454 g/mol. The number of hydrogen-bond donors (Lipinski definition) is 2. The Labute approximate surface area is 198 Å². The first-order valence-corrected chi connectivity index (χ1v) is 11.4. The lowest BCUT2D eigenvalue weighted by Gasteiger charge is -2.13. The smallest absolute Gasteiger partial charge is 0.165 e. The minimum atomic E-state index is 0.157. The van der Waals surface area contributed by atoms with Gasteiger partial charge in [-0.15, -0.1) is 0 Å². The number of halogens is 1. The number of aliphatic imine (C=N–C) groups is 1. The van der Waals surface area contributed by atoms with Crippen LogP contribution in [0.2, 0.25) is 5.02 Å². The van der Waals surface area contributed by atoms with Gasteiger partial charge in [0.25, 0.3) is 0 Å². The standard InChI is InChI=1S/C27H24ClN5/c1-2-23-19-12-6-7-13-20(19)26(30-23)32-25-16-24(29-17-18-10-4-3-5-11-18)31-27(33-25)21-14-8-9-15-22(21)28/h3-16,23H,2,17H2,1H3,(H2,29,30,31,32,33). The van der Waals surface area contributed by atoms with Crippen molar-refractivity contribution >= 4 is 29.1 Å². The average Bonchev–Trinajstić information content (AvgIpc) is 3.21. The van der Waals surface area contributed by atoms with E-state index in [4.69, 9.17) is 26.6 Å². The van der Waals surface area contributed by atoms with Gasteiger partial charge in [0.2, 0.25) is 0 Å². The molecule has 1 atom stereocenters. The maximum absolute atomic E-state index is 6.47. The van der Waals surface area contributed by atoms with Gasteiger partial charge in [-0.25, -0.2) is 9.97 Å². The van der Waals surface area contributed by atoms with Crippen LogP contribution in [-0.4, -0.2) is 15.8 Å². The zero-order valence-electron chi connectivity index (χ0n) is 18.3. The zero-order valence-corrected chi connectivity index (χ0v) is 19.1. The van der Waals surface area contributed by atoms with Gasteiger partial charge in [-0.05, 0) is 29.7 Å². The van der Waals surface area contributed by atoms with Crippen LogP contribution in [0.15, 0.2) is 89.9 Å². The van der Waals surface area contributed by atoms with Gasteiger partial charge in [0.05, 0.1) is 11.1 Å². The SMILES string of the molecule is CCC1N=C(Nc2cc(NCc3ccccc3)nc(-c3ccccc3Cl)n2)c2ccccc21. The van der Waals surface area contributed by atoms with E-state index in [2.05, 4.69) is 47.9 Å². The maximum Gasteiger partial charge on any atom is 0.165 e. The van der Waals surface area contributed by atoms with Crippen LogP contribution in [0.25, 0.3) is 11.4 Å². The molecular formula is C27H24ClN5. The molecule has 1 aromatic heterocycles. The number of nitrogens with one attached hydrogen (secondary N) is 2. The van der Waals surface area contributed by atoms with E-state index >= 15 is 0 Å². The normalized spacial score (nSPS) is 14.5. The van der Waals surface area contributed by atoms with Crippen molar-refractivity contribution in [2.45, 2.75) is 25.9 Å². The van der Waals surface area contributed by atoms with Gasteiger partial charge >= 0.3 is 0 Å². The zero-order chi connectivity index (χ0) is 22.6. The number of rotatable bonds is 6. The van der Waals surface area contributed by atoms with Crippen molar-refractivity contribution < 1.29 is 0 Å². The Morgan fingerprint density at radius 2 is 1.52 bits per heavy atom. The summed E-state index contributed by atoms with van der Waals surface area (Å²) in [6.45, 7) is 2.81. The molecule has 0 spiro atoms. The van der Waals surface area contributed by atoms with Gasteiger partial charge in [0.15, 0.2) is 5.82 Å². The monoisotopic (exact) mass is 453 g/mol. The summed E-state index contributed by atoms with van der Waals surface area (Å²) in [4.78, 5) is 14.4. The highest BCUT2D eigenvalue weighted by molar-refractivity contribution is 6.33. The summed E-state index contributed by atoms with van der Waals surface area (Å²) >= 11 is 6.47. The molecule has 6 heteroatoms. The minimum Gasteiger partial charge on any atom is -0.366 e. The lowest BCUT2D eigenvalue weighted by molar-refractivity contribution is 0.716. The first-order valence-electron chi connectivity index (χ1n) is 11.1. The van der Waals surface area contributed by atoms with Crippen LogP contribution in [0, 0.1) is 0 Å². The summed E-state index contributed by atoms with van der Waals surface area (Å²) < 4.78 is 0. The van der Waals surface area contributed by atoms with Crippen LogP contribution >= 0.6 is 11.6 Å². The molecule has 1 aliphatic heterocycles. The number of hydrogen-bond acceptors (Lipinski definition) is 5. The Morgan fingerprint density at radius 1 is 0.818 bits per heavy atom. The molecule has 0 fully saturated rings. The third-order valence-electron chi connectivity index (χ3n) is 5.65. The van der Waals surface area contributed by atoms with Crippen LogP contribution in [0.3, 0.4) is 0 Å². The molecule has 0 aliphatic carbocycles. The van der Waals surface area contributed by atoms with E-state index in [1.165, 1.54) is 11.1 Å². The second-order valence-corrected chi connectivity index (χ2v) is 8.30. The molecule has 0 bridgehead atoms. The van der Waals surface area contributed by atoms with E-state index in [0.717, 1.165) is 23.4 Å². The van der Waals surface area contributed by atoms with Crippen molar-refractivity contribution in [2.75, 3.05) is 10.6 Å². The summed E-state index contributed by atoms with van der Waals surface area (Å²) in [6, 6.07) is 28.2. The van der Waals surface area contributed by atoms with E-state index in [9.17, 15) is 0 Å². The summed E-state index contributed by atoms with van der Waals surface area (Å²) in [6.07, 6.45) is 0.945. The van der Waals surface area contributed by atoms with Gasteiger partial charge in [-0.3, -0.25) is 4.99 Å². The lowest BCUT2D eigenvalue weighted by Crippen LogP contribution is -2.14. The molecule has 2 N–H and O–H groups in total. The number of aromatic nitrogens is 2. The largest absolute Gasteiger partial charge is 0.366 e. The van der Waals surface area contributed by atoms with Crippen LogP contribution in [-0.2, 0) is 6.54 Å². The number of anilines is 2. The number of amidine groups is 1. The van der Waals surface area contributed by atoms with Crippen molar-refractivity contribution in [3.8, 4) is 11.4 Å². The van der Waals surface area contributed by atoms with Crippen molar-refractivity contribution in [2.24, 2.45) is 4.99 Å². The highest BCUT2D eigenvalue weighted by Crippen LogP contribution is 2.33. The van der Waals surface area contributed by atoms with Crippen molar-refractivity contribution in [1.82, 2.24) is 9.97 Å². The quantitative estimate of drug-likeness (QED) is 0.339. The Hall–Kier alpha value is -3.70. The lowest BCUT2D eigenvalue weighted by atomic mass is 10.0. The summed E-state index contributed by atoms with van der Waals surface area (Å²) in [5, 5.41) is 7.48. The minimum absolute atomic E-state index is 0.157. The molecule has 0 saturated carbocycles. The van der Waals surface area contributed by atoms with Crippen molar-refractivity contribution in [1.29, 1.82) is 0 Å². The van der Waals surface area contributed by atoms with Crippen LogP contribution in [0.5, 0.6) is 0 Å². The number of nitrogens with zero attached hydrogens (tertiary/aromatic N) is 3. The molecular weight excluding hydrogens is 430 g/mol. The fourth-order valence-electron chi connectivity index (χ4n) is 3.98. The van der Waals surface area contributed by atoms with Gasteiger partial charge < -0.3 is 10.6 Å². The fourth-order valence-corrected chi connectivity index (χ4v) is 4.20. The molecule has 2 heterocycles. The summed E-state index contributed by atoms with van der Waals surface area (Å²) in [5.41, 5.74) is 4.31.